The molecule has 4 nitrogen and oxygen atoms in total. The second-order valence-corrected chi connectivity index (χ2v) is 5.99. The third-order valence-corrected chi connectivity index (χ3v) is 3.97. The van der Waals surface area contributed by atoms with Crippen molar-refractivity contribution >= 4 is 41.5 Å². The van der Waals surface area contributed by atoms with E-state index in [9.17, 15) is 0 Å². The van der Waals surface area contributed by atoms with Crippen molar-refractivity contribution in [3.63, 3.8) is 0 Å². The molecule has 0 fully saturated rings. The molecular formula is C19H26ClIN4. The van der Waals surface area contributed by atoms with Crippen LogP contribution in [0.2, 0.25) is 5.15 Å². The highest BCUT2D eigenvalue weighted by Crippen LogP contribution is 2.07. The van der Waals surface area contributed by atoms with Gasteiger partial charge in [0.1, 0.15) is 5.15 Å². The van der Waals surface area contributed by atoms with Gasteiger partial charge in [-0.05, 0) is 49.4 Å². The number of aliphatic imine (C=N–C) groups is 1. The van der Waals surface area contributed by atoms with E-state index in [0.29, 0.717) is 5.15 Å². The molecule has 0 bridgehead atoms. The Balaban J connectivity index is 0.00000312. The number of benzene rings is 1. The molecule has 0 saturated heterocycles. The maximum Gasteiger partial charge on any atom is 0.191 e. The first-order valence-electron chi connectivity index (χ1n) is 8.36. The van der Waals surface area contributed by atoms with Crippen LogP contribution in [-0.4, -0.2) is 30.6 Å². The van der Waals surface area contributed by atoms with E-state index in [4.69, 9.17) is 11.6 Å². The molecule has 1 aromatic heterocycles. The predicted molar refractivity (Wildman–Crippen MR) is 117 cm³/mol. The number of halogens is 2. The number of aromatic nitrogens is 1. The number of rotatable bonds is 7. The van der Waals surface area contributed by atoms with Crippen LogP contribution in [0.5, 0.6) is 0 Å². The summed E-state index contributed by atoms with van der Waals surface area (Å²) < 4.78 is 0. The molecule has 0 radical (unpaired) electrons. The zero-order chi connectivity index (χ0) is 17.2. The third kappa shape index (κ3) is 8.05. The first-order valence-corrected chi connectivity index (χ1v) is 8.74. The van der Waals surface area contributed by atoms with E-state index in [0.717, 1.165) is 44.0 Å². The molecule has 25 heavy (non-hydrogen) atoms. The number of guanidine groups is 1. The van der Waals surface area contributed by atoms with Gasteiger partial charge in [-0.2, -0.15) is 0 Å². The third-order valence-electron chi connectivity index (χ3n) is 3.75. The van der Waals surface area contributed by atoms with E-state index in [1.807, 2.05) is 18.3 Å². The molecule has 0 aliphatic rings. The van der Waals surface area contributed by atoms with Gasteiger partial charge in [-0.1, -0.05) is 41.9 Å². The minimum Gasteiger partial charge on any atom is -0.357 e. The molecule has 0 unspecified atom stereocenters. The summed E-state index contributed by atoms with van der Waals surface area (Å²) in [6, 6.07) is 12.3. The monoisotopic (exact) mass is 472 g/mol. The summed E-state index contributed by atoms with van der Waals surface area (Å²) >= 11 is 5.80. The average molecular weight is 473 g/mol. The van der Waals surface area contributed by atoms with Gasteiger partial charge in [0.15, 0.2) is 5.96 Å². The summed E-state index contributed by atoms with van der Waals surface area (Å²) in [6.45, 7) is 6.63. The average Bonchev–Trinajstić information content (AvgIpc) is 2.58. The van der Waals surface area contributed by atoms with E-state index < -0.39 is 0 Å². The van der Waals surface area contributed by atoms with Crippen LogP contribution < -0.4 is 10.6 Å². The first kappa shape index (κ1) is 21.7. The lowest BCUT2D eigenvalue weighted by Gasteiger charge is -2.11. The summed E-state index contributed by atoms with van der Waals surface area (Å²) in [5.74, 6) is 0.855. The minimum atomic E-state index is 0. The van der Waals surface area contributed by atoms with Crippen LogP contribution in [0.25, 0.3) is 0 Å². The summed E-state index contributed by atoms with van der Waals surface area (Å²) in [5, 5.41) is 7.17. The lowest BCUT2D eigenvalue weighted by atomic mass is 10.1. The van der Waals surface area contributed by atoms with Crippen molar-refractivity contribution in [2.24, 2.45) is 4.99 Å². The maximum atomic E-state index is 5.80. The SMILES string of the molecule is CCNC(=NCCc1ccccc1C)NCCc1ccc(Cl)nc1.I. The lowest BCUT2D eigenvalue weighted by Crippen LogP contribution is -2.38. The number of aryl methyl sites for hydroxylation is 1. The summed E-state index contributed by atoms with van der Waals surface area (Å²) in [4.78, 5) is 8.75. The predicted octanol–water partition coefficient (Wildman–Crippen LogP) is 4.00. The molecule has 0 atom stereocenters. The van der Waals surface area contributed by atoms with Crippen LogP contribution in [0, 0.1) is 6.92 Å². The molecule has 1 heterocycles. The Labute approximate surface area is 172 Å². The molecule has 2 aromatic rings. The van der Waals surface area contributed by atoms with E-state index in [2.05, 4.69) is 58.7 Å². The topological polar surface area (TPSA) is 49.3 Å². The van der Waals surface area contributed by atoms with Crippen LogP contribution in [0.15, 0.2) is 47.6 Å². The summed E-state index contributed by atoms with van der Waals surface area (Å²) in [6.07, 6.45) is 3.64. The highest BCUT2D eigenvalue weighted by atomic mass is 127. The molecule has 0 aliphatic carbocycles. The number of hydrogen-bond acceptors (Lipinski definition) is 2. The standard InChI is InChI=1S/C19H25ClN4.HI/c1-3-21-19(22-12-10-16-8-9-18(20)24-14-16)23-13-11-17-7-5-4-6-15(17)2;/h4-9,14H,3,10-13H2,1-2H3,(H2,21,22,23);1H. The fourth-order valence-electron chi connectivity index (χ4n) is 2.40. The number of pyridine rings is 1. The Hall–Kier alpha value is -1.34. The van der Waals surface area contributed by atoms with Crippen LogP contribution in [0.4, 0.5) is 0 Å². The zero-order valence-corrected chi connectivity index (χ0v) is 17.8. The van der Waals surface area contributed by atoms with Gasteiger partial charge in [-0.3, -0.25) is 4.99 Å². The number of nitrogens with zero attached hydrogens (tertiary/aromatic N) is 2. The van der Waals surface area contributed by atoms with E-state index in [1.54, 1.807) is 0 Å². The van der Waals surface area contributed by atoms with Gasteiger partial charge in [0, 0.05) is 25.8 Å². The van der Waals surface area contributed by atoms with E-state index >= 15 is 0 Å². The Bertz CT molecular complexity index is 659. The van der Waals surface area contributed by atoms with Crippen LogP contribution in [0.3, 0.4) is 0 Å². The van der Waals surface area contributed by atoms with Crippen molar-refractivity contribution in [1.29, 1.82) is 0 Å². The van der Waals surface area contributed by atoms with Gasteiger partial charge in [0.2, 0.25) is 0 Å². The van der Waals surface area contributed by atoms with E-state index in [-0.39, 0.29) is 24.0 Å². The van der Waals surface area contributed by atoms with Crippen molar-refractivity contribution in [2.75, 3.05) is 19.6 Å². The Morgan fingerprint density at radius 1 is 1.12 bits per heavy atom. The Kier molecular flexibility index (Phi) is 10.5. The van der Waals surface area contributed by atoms with Crippen molar-refractivity contribution in [2.45, 2.75) is 26.7 Å². The van der Waals surface area contributed by atoms with Crippen molar-refractivity contribution in [1.82, 2.24) is 15.6 Å². The molecule has 2 N–H and O–H groups in total. The largest absolute Gasteiger partial charge is 0.357 e. The zero-order valence-electron chi connectivity index (χ0n) is 14.8. The summed E-state index contributed by atoms with van der Waals surface area (Å²) in [7, 11) is 0. The fourth-order valence-corrected chi connectivity index (χ4v) is 2.51. The molecular weight excluding hydrogens is 447 g/mol. The molecule has 6 heteroatoms. The van der Waals surface area contributed by atoms with Gasteiger partial charge in [-0.15, -0.1) is 24.0 Å². The lowest BCUT2D eigenvalue weighted by molar-refractivity contribution is 0.794. The molecule has 0 spiro atoms. The van der Waals surface area contributed by atoms with E-state index in [1.165, 1.54) is 11.1 Å². The quantitative estimate of drug-likeness (QED) is 0.277. The van der Waals surface area contributed by atoms with Crippen LogP contribution in [0.1, 0.15) is 23.6 Å². The van der Waals surface area contributed by atoms with Crippen molar-refractivity contribution in [3.05, 3.63) is 64.4 Å². The van der Waals surface area contributed by atoms with Gasteiger partial charge >= 0.3 is 0 Å². The molecule has 0 amide bonds. The fraction of sp³-hybridized carbons (Fsp3) is 0.368. The van der Waals surface area contributed by atoms with Gasteiger partial charge in [0.25, 0.3) is 0 Å². The second kappa shape index (κ2) is 12.1. The highest BCUT2D eigenvalue weighted by Gasteiger charge is 2.00. The second-order valence-electron chi connectivity index (χ2n) is 5.60. The molecule has 2 rings (SSSR count). The molecule has 1 aromatic carbocycles. The molecule has 0 saturated carbocycles. The van der Waals surface area contributed by atoms with Crippen LogP contribution >= 0.6 is 35.6 Å². The molecule has 0 aliphatic heterocycles. The Morgan fingerprint density at radius 3 is 2.60 bits per heavy atom. The van der Waals surface area contributed by atoms with Crippen LogP contribution in [-0.2, 0) is 12.8 Å². The summed E-state index contributed by atoms with van der Waals surface area (Å²) in [5.41, 5.74) is 3.83. The number of hydrogen-bond donors (Lipinski definition) is 2. The maximum absolute atomic E-state index is 5.80. The smallest absolute Gasteiger partial charge is 0.191 e. The minimum absolute atomic E-state index is 0. The normalized spacial score (nSPS) is 10.9. The van der Waals surface area contributed by atoms with Gasteiger partial charge in [0.05, 0.1) is 0 Å². The molecule has 136 valence electrons. The van der Waals surface area contributed by atoms with Crippen molar-refractivity contribution in [3.8, 4) is 0 Å². The Morgan fingerprint density at radius 2 is 1.92 bits per heavy atom. The van der Waals surface area contributed by atoms with Gasteiger partial charge in [-0.25, -0.2) is 4.98 Å². The van der Waals surface area contributed by atoms with Gasteiger partial charge < -0.3 is 10.6 Å². The highest BCUT2D eigenvalue weighted by molar-refractivity contribution is 14.0. The van der Waals surface area contributed by atoms with Crippen molar-refractivity contribution < 1.29 is 0 Å². The first-order chi connectivity index (χ1) is 11.7. The number of nitrogens with one attached hydrogen (secondary N) is 2.